The van der Waals surface area contributed by atoms with E-state index in [2.05, 4.69) is 21.4 Å². The SMILES string of the molecule is O=C(C=Cc1ccc(Br)cc1)NOC(=O)C1CCCCC1. The molecule has 0 heterocycles. The first-order chi connectivity index (χ1) is 10.1. The average Bonchev–Trinajstić information content (AvgIpc) is 2.53. The van der Waals surface area contributed by atoms with Gasteiger partial charge >= 0.3 is 5.97 Å². The van der Waals surface area contributed by atoms with Gasteiger partial charge in [-0.05, 0) is 36.6 Å². The summed E-state index contributed by atoms with van der Waals surface area (Å²) in [6.07, 6.45) is 7.99. The van der Waals surface area contributed by atoms with Crippen molar-refractivity contribution in [3.8, 4) is 0 Å². The second-order valence-corrected chi connectivity index (χ2v) is 6.02. The van der Waals surface area contributed by atoms with Gasteiger partial charge in [0.25, 0.3) is 5.91 Å². The molecule has 1 N–H and O–H groups in total. The van der Waals surface area contributed by atoms with Crippen molar-refractivity contribution in [2.24, 2.45) is 5.92 Å². The number of hydroxylamine groups is 1. The minimum atomic E-state index is -0.443. The van der Waals surface area contributed by atoms with Crippen molar-refractivity contribution >= 4 is 33.9 Å². The van der Waals surface area contributed by atoms with E-state index in [9.17, 15) is 9.59 Å². The molecule has 0 unspecified atom stereocenters. The van der Waals surface area contributed by atoms with Gasteiger partial charge in [-0.15, -0.1) is 0 Å². The van der Waals surface area contributed by atoms with Gasteiger partial charge in [0.05, 0.1) is 5.92 Å². The molecule has 112 valence electrons. The maximum absolute atomic E-state index is 11.7. The molecular formula is C16H18BrNO3. The fraction of sp³-hybridized carbons (Fsp3) is 0.375. The maximum atomic E-state index is 11.7. The van der Waals surface area contributed by atoms with Crippen LogP contribution in [0, 0.1) is 5.92 Å². The van der Waals surface area contributed by atoms with E-state index >= 15 is 0 Å². The van der Waals surface area contributed by atoms with Crippen LogP contribution in [0.4, 0.5) is 0 Å². The van der Waals surface area contributed by atoms with Crippen LogP contribution in [0.2, 0.25) is 0 Å². The van der Waals surface area contributed by atoms with E-state index in [-0.39, 0.29) is 11.9 Å². The van der Waals surface area contributed by atoms with Crippen molar-refractivity contribution in [1.29, 1.82) is 0 Å². The summed E-state index contributed by atoms with van der Waals surface area (Å²) in [5.74, 6) is -0.850. The highest BCUT2D eigenvalue weighted by molar-refractivity contribution is 9.10. The molecular weight excluding hydrogens is 334 g/mol. The van der Waals surface area contributed by atoms with Crippen LogP contribution in [0.25, 0.3) is 6.08 Å². The van der Waals surface area contributed by atoms with E-state index < -0.39 is 5.91 Å². The zero-order chi connectivity index (χ0) is 15.1. The Bertz CT molecular complexity index is 519. The zero-order valence-electron chi connectivity index (χ0n) is 11.7. The number of halogens is 1. The van der Waals surface area contributed by atoms with Crippen LogP contribution in [-0.2, 0) is 14.4 Å². The standard InChI is InChI=1S/C16H18BrNO3/c17-14-9-6-12(7-10-14)8-11-15(19)18-21-16(20)13-4-2-1-3-5-13/h6-11,13H,1-5H2,(H,18,19). The van der Waals surface area contributed by atoms with Crippen molar-refractivity contribution in [3.63, 3.8) is 0 Å². The third kappa shape index (κ3) is 5.34. The smallest absolute Gasteiger partial charge is 0.335 e. The quantitative estimate of drug-likeness (QED) is 0.668. The monoisotopic (exact) mass is 351 g/mol. The lowest BCUT2D eigenvalue weighted by atomic mass is 9.89. The Balaban J connectivity index is 1.76. The molecule has 21 heavy (non-hydrogen) atoms. The lowest BCUT2D eigenvalue weighted by molar-refractivity contribution is -0.161. The Labute approximate surface area is 132 Å². The summed E-state index contributed by atoms with van der Waals surface area (Å²) in [4.78, 5) is 28.2. The number of amides is 1. The first kappa shape index (κ1) is 15.8. The number of hydrogen-bond donors (Lipinski definition) is 1. The largest absolute Gasteiger partial charge is 0.340 e. The van der Waals surface area contributed by atoms with Crippen molar-refractivity contribution in [1.82, 2.24) is 5.48 Å². The Morgan fingerprint density at radius 2 is 1.81 bits per heavy atom. The van der Waals surface area contributed by atoms with Crippen LogP contribution < -0.4 is 5.48 Å². The summed E-state index contributed by atoms with van der Waals surface area (Å²) in [6, 6.07) is 7.53. The highest BCUT2D eigenvalue weighted by Crippen LogP contribution is 2.24. The molecule has 1 aliphatic carbocycles. The van der Waals surface area contributed by atoms with Gasteiger partial charge in [0.1, 0.15) is 0 Å². The van der Waals surface area contributed by atoms with Gasteiger partial charge in [-0.1, -0.05) is 47.3 Å². The third-order valence-electron chi connectivity index (χ3n) is 3.49. The van der Waals surface area contributed by atoms with Gasteiger partial charge < -0.3 is 4.84 Å². The van der Waals surface area contributed by atoms with Crippen LogP contribution in [0.1, 0.15) is 37.7 Å². The molecule has 0 radical (unpaired) electrons. The highest BCUT2D eigenvalue weighted by atomic mass is 79.9. The summed E-state index contributed by atoms with van der Waals surface area (Å²) in [7, 11) is 0. The lowest BCUT2D eigenvalue weighted by Gasteiger charge is -2.19. The molecule has 0 aliphatic heterocycles. The molecule has 0 saturated heterocycles. The molecule has 1 aliphatic rings. The first-order valence-corrected chi connectivity index (χ1v) is 7.89. The van der Waals surface area contributed by atoms with Crippen LogP contribution in [-0.4, -0.2) is 11.9 Å². The summed E-state index contributed by atoms with van der Waals surface area (Å²) >= 11 is 3.34. The molecule has 1 aromatic carbocycles. The van der Waals surface area contributed by atoms with E-state index in [0.29, 0.717) is 0 Å². The normalized spacial score (nSPS) is 15.9. The van der Waals surface area contributed by atoms with Gasteiger partial charge in [-0.3, -0.25) is 4.79 Å². The van der Waals surface area contributed by atoms with Gasteiger partial charge in [-0.25, -0.2) is 4.79 Å². The molecule has 0 spiro atoms. The second-order valence-electron chi connectivity index (χ2n) is 5.11. The predicted octanol–water partition coefficient (Wildman–Crippen LogP) is 3.62. The molecule has 1 aromatic rings. The van der Waals surface area contributed by atoms with Crippen LogP contribution in [0.15, 0.2) is 34.8 Å². The Hall–Kier alpha value is -1.62. The second kappa shape index (κ2) is 7.98. The Morgan fingerprint density at radius 1 is 1.14 bits per heavy atom. The number of rotatable bonds is 3. The van der Waals surface area contributed by atoms with E-state index in [4.69, 9.17) is 4.84 Å². The molecule has 2 rings (SSSR count). The topological polar surface area (TPSA) is 55.4 Å². The van der Waals surface area contributed by atoms with E-state index in [0.717, 1.165) is 35.7 Å². The summed E-state index contributed by atoms with van der Waals surface area (Å²) < 4.78 is 0.977. The van der Waals surface area contributed by atoms with E-state index in [1.165, 1.54) is 12.5 Å². The van der Waals surface area contributed by atoms with Gasteiger partial charge in [0.15, 0.2) is 0 Å². The number of nitrogens with one attached hydrogen (secondary N) is 1. The number of carbonyl (C=O) groups excluding carboxylic acids is 2. The molecule has 4 nitrogen and oxygen atoms in total. The minimum Gasteiger partial charge on any atom is -0.340 e. The summed E-state index contributed by atoms with van der Waals surface area (Å²) in [5.41, 5.74) is 3.07. The van der Waals surface area contributed by atoms with Gasteiger partial charge in [0, 0.05) is 10.5 Å². The molecule has 1 amide bonds. The number of benzene rings is 1. The van der Waals surface area contributed by atoms with Gasteiger partial charge in [0.2, 0.25) is 0 Å². The summed E-state index contributed by atoms with van der Waals surface area (Å²) in [5, 5.41) is 0. The molecule has 0 bridgehead atoms. The highest BCUT2D eigenvalue weighted by Gasteiger charge is 2.23. The van der Waals surface area contributed by atoms with Gasteiger partial charge in [-0.2, -0.15) is 5.48 Å². The molecule has 1 fully saturated rings. The molecule has 0 atom stereocenters. The number of hydrogen-bond acceptors (Lipinski definition) is 3. The first-order valence-electron chi connectivity index (χ1n) is 7.09. The van der Waals surface area contributed by atoms with Crippen LogP contribution in [0.3, 0.4) is 0 Å². The zero-order valence-corrected chi connectivity index (χ0v) is 13.3. The fourth-order valence-corrected chi connectivity index (χ4v) is 2.57. The van der Waals surface area contributed by atoms with E-state index in [1.807, 2.05) is 24.3 Å². The fourth-order valence-electron chi connectivity index (χ4n) is 2.30. The number of carbonyl (C=O) groups is 2. The average molecular weight is 352 g/mol. The Morgan fingerprint density at radius 3 is 2.48 bits per heavy atom. The minimum absolute atomic E-state index is 0.0745. The van der Waals surface area contributed by atoms with Crippen LogP contribution in [0.5, 0.6) is 0 Å². The Kier molecular flexibility index (Phi) is 5.99. The molecule has 1 saturated carbocycles. The molecule has 0 aromatic heterocycles. The van der Waals surface area contributed by atoms with Crippen molar-refractivity contribution in [3.05, 3.63) is 40.4 Å². The summed E-state index contributed by atoms with van der Waals surface area (Å²) in [6.45, 7) is 0. The van der Waals surface area contributed by atoms with Crippen molar-refractivity contribution in [2.45, 2.75) is 32.1 Å². The third-order valence-corrected chi connectivity index (χ3v) is 4.02. The van der Waals surface area contributed by atoms with Crippen molar-refractivity contribution in [2.75, 3.05) is 0 Å². The lowest BCUT2D eigenvalue weighted by Crippen LogP contribution is -2.30. The predicted molar refractivity (Wildman–Crippen MR) is 84.0 cm³/mol. The molecule has 5 heteroatoms. The van der Waals surface area contributed by atoms with E-state index in [1.54, 1.807) is 6.08 Å². The maximum Gasteiger partial charge on any atom is 0.335 e. The van der Waals surface area contributed by atoms with Crippen molar-refractivity contribution < 1.29 is 14.4 Å². The van der Waals surface area contributed by atoms with Crippen LogP contribution >= 0.6 is 15.9 Å².